The van der Waals surface area contributed by atoms with E-state index in [-0.39, 0.29) is 17.8 Å². The molecule has 0 spiro atoms. The van der Waals surface area contributed by atoms with Crippen LogP contribution in [0.2, 0.25) is 0 Å². The van der Waals surface area contributed by atoms with Gasteiger partial charge in [-0.1, -0.05) is 6.42 Å². The molecule has 2 heterocycles. The van der Waals surface area contributed by atoms with Crippen LogP contribution in [0.15, 0.2) is 17.2 Å². The smallest absolute Gasteiger partial charge is 0.323 e. The topological polar surface area (TPSA) is 102 Å². The number of hydrogen-bond acceptors (Lipinski definition) is 6. The molecular formula is C15H19N3O5. The lowest BCUT2D eigenvalue weighted by molar-refractivity contribution is -0.152. The monoisotopic (exact) mass is 321 g/mol. The molecule has 2 atom stereocenters. The van der Waals surface area contributed by atoms with Crippen molar-refractivity contribution in [3.63, 3.8) is 0 Å². The van der Waals surface area contributed by atoms with Crippen molar-refractivity contribution in [2.75, 3.05) is 18.6 Å². The summed E-state index contributed by atoms with van der Waals surface area (Å²) in [6.07, 6.45) is 5.84. The zero-order valence-electron chi connectivity index (χ0n) is 12.9. The van der Waals surface area contributed by atoms with Gasteiger partial charge < -0.3 is 14.7 Å². The van der Waals surface area contributed by atoms with E-state index in [1.165, 1.54) is 19.5 Å². The van der Waals surface area contributed by atoms with E-state index in [1.54, 1.807) is 0 Å². The molecule has 2 fully saturated rings. The van der Waals surface area contributed by atoms with Gasteiger partial charge in [0.1, 0.15) is 6.54 Å². The fourth-order valence-corrected chi connectivity index (χ4v) is 3.98. The summed E-state index contributed by atoms with van der Waals surface area (Å²) in [4.78, 5) is 41.6. The third kappa shape index (κ3) is 2.38. The van der Waals surface area contributed by atoms with Crippen LogP contribution in [0.25, 0.3) is 0 Å². The first-order chi connectivity index (χ1) is 11.0. The zero-order chi connectivity index (χ0) is 16.6. The molecule has 124 valence electrons. The number of carboxylic acids is 1. The van der Waals surface area contributed by atoms with Crippen LogP contribution in [0.1, 0.15) is 25.7 Å². The minimum absolute atomic E-state index is 0.115. The number of ether oxygens (including phenoxy) is 1. The number of fused-ring (bicyclic) bond motifs is 1. The maximum atomic E-state index is 12.5. The molecule has 0 aromatic carbocycles. The minimum atomic E-state index is -1.09. The molecule has 0 radical (unpaired) electrons. The third-order valence-electron chi connectivity index (χ3n) is 4.98. The molecule has 1 saturated carbocycles. The van der Waals surface area contributed by atoms with Crippen molar-refractivity contribution in [3.8, 4) is 0 Å². The fourth-order valence-electron chi connectivity index (χ4n) is 3.98. The Morgan fingerprint density at radius 2 is 2.26 bits per heavy atom. The lowest BCUT2D eigenvalue weighted by atomic mass is 9.82. The fraction of sp³-hybridized carbons (Fsp3) is 0.600. The molecule has 8 nitrogen and oxygen atoms in total. The molecular weight excluding hydrogens is 302 g/mol. The first-order valence-electron chi connectivity index (χ1n) is 7.62. The van der Waals surface area contributed by atoms with Crippen molar-refractivity contribution >= 4 is 17.8 Å². The number of carbonyl (C=O) groups is 2. The van der Waals surface area contributed by atoms with E-state index in [0.717, 1.165) is 23.8 Å². The van der Waals surface area contributed by atoms with Crippen molar-refractivity contribution in [2.24, 2.45) is 5.41 Å². The number of nitrogens with zero attached hydrogens (tertiary/aromatic N) is 3. The number of methoxy groups -OCH3 is 1. The van der Waals surface area contributed by atoms with Gasteiger partial charge in [-0.05, 0) is 19.3 Å². The number of rotatable bonds is 4. The van der Waals surface area contributed by atoms with Crippen molar-refractivity contribution in [2.45, 2.75) is 38.3 Å². The van der Waals surface area contributed by atoms with Crippen LogP contribution in [0, 0.1) is 5.41 Å². The van der Waals surface area contributed by atoms with Gasteiger partial charge in [0.2, 0.25) is 0 Å². The lowest BCUT2D eigenvalue weighted by Crippen LogP contribution is -2.44. The van der Waals surface area contributed by atoms with Gasteiger partial charge in [0.25, 0.3) is 5.56 Å². The molecule has 1 saturated heterocycles. The standard InChI is InChI=1S/C15H19N3O5/c1-23-14(22)15-4-2-3-10(15)18(7-5-15)12-13(21)17(8-6-16-12)9-11(19)20/h6,8,10H,2-5,7,9H2,1H3,(H,19,20)/t10-,15+/m1/s1. The number of carbonyl (C=O) groups excluding carboxylic acids is 1. The van der Waals surface area contributed by atoms with E-state index in [0.29, 0.717) is 13.0 Å². The highest BCUT2D eigenvalue weighted by atomic mass is 16.5. The second kappa shape index (κ2) is 5.68. The van der Waals surface area contributed by atoms with Crippen LogP contribution in [-0.4, -0.2) is 46.3 Å². The average molecular weight is 321 g/mol. The summed E-state index contributed by atoms with van der Waals surface area (Å²) in [6.45, 7) is 0.133. The van der Waals surface area contributed by atoms with E-state index < -0.39 is 23.5 Å². The van der Waals surface area contributed by atoms with Crippen LogP contribution in [-0.2, 0) is 20.9 Å². The molecule has 0 amide bonds. The van der Waals surface area contributed by atoms with E-state index in [1.807, 2.05) is 4.90 Å². The van der Waals surface area contributed by atoms with Gasteiger partial charge in [-0.3, -0.25) is 19.0 Å². The van der Waals surface area contributed by atoms with Crippen LogP contribution < -0.4 is 10.5 Å². The Morgan fingerprint density at radius 1 is 1.48 bits per heavy atom. The van der Waals surface area contributed by atoms with Crippen LogP contribution in [0.5, 0.6) is 0 Å². The molecule has 1 aliphatic heterocycles. The Hall–Kier alpha value is -2.38. The molecule has 1 aromatic rings. The molecule has 0 unspecified atom stereocenters. The lowest BCUT2D eigenvalue weighted by Gasteiger charge is -2.30. The molecule has 3 rings (SSSR count). The van der Waals surface area contributed by atoms with Gasteiger partial charge in [0.15, 0.2) is 5.82 Å². The second-order valence-electron chi connectivity index (χ2n) is 6.08. The van der Waals surface area contributed by atoms with E-state index in [2.05, 4.69) is 4.98 Å². The molecule has 0 bridgehead atoms. The summed E-state index contributed by atoms with van der Waals surface area (Å²) in [5, 5.41) is 8.89. The highest BCUT2D eigenvalue weighted by Crippen LogP contribution is 2.50. The number of aliphatic carboxylic acids is 1. The quantitative estimate of drug-likeness (QED) is 0.793. The molecule has 2 aliphatic rings. The number of aromatic nitrogens is 2. The summed E-state index contributed by atoms with van der Waals surface area (Å²) >= 11 is 0. The van der Waals surface area contributed by atoms with Crippen LogP contribution >= 0.6 is 0 Å². The Balaban J connectivity index is 1.96. The normalized spacial score (nSPS) is 26.1. The van der Waals surface area contributed by atoms with Gasteiger partial charge in [0.05, 0.1) is 12.5 Å². The first kappa shape index (κ1) is 15.5. The summed E-state index contributed by atoms with van der Waals surface area (Å²) in [6, 6.07) is -0.115. The van der Waals surface area contributed by atoms with E-state index in [9.17, 15) is 14.4 Å². The molecule has 23 heavy (non-hydrogen) atoms. The number of esters is 1. The zero-order valence-corrected chi connectivity index (χ0v) is 12.9. The summed E-state index contributed by atoms with van der Waals surface area (Å²) in [7, 11) is 1.38. The van der Waals surface area contributed by atoms with Gasteiger partial charge in [-0.15, -0.1) is 0 Å². The first-order valence-corrected chi connectivity index (χ1v) is 7.62. The van der Waals surface area contributed by atoms with E-state index >= 15 is 0 Å². The predicted molar refractivity (Wildman–Crippen MR) is 80.2 cm³/mol. The largest absolute Gasteiger partial charge is 0.480 e. The van der Waals surface area contributed by atoms with Crippen molar-refractivity contribution in [1.29, 1.82) is 0 Å². The highest BCUT2D eigenvalue weighted by Gasteiger charge is 2.56. The highest BCUT2D eigenvalue weighted by molar-refractivity contribution is 5.80. The van der Waals surface area contributed by atoms with Crippen LogP contribution in [0.3, 0.4) is 0 Å². The number of anilines is 1. The van der Waals surface area contributed by atoms with Crippen molar-refractivity contribution < 1.29 is 19.4 Å². The van der Waals surface area contributed by atoms with Gasteiger partial charge in [-0.25, -0.2) is 4.98 Å². The molecule has 1 aromatic heterocycles. The molecule has 1 N–H and O–H groups in total. The van der Waals surface area contributed by atoms with Crippen LogP contribution in [0.4, 0.5) is 5.82 Å². The Bertz CT molecular complexity index is 701. The number of hydrogen-bond donors (Lipinski definition) is 1. The third-order valence-corrected chi connectivity index (χ3v) is 4.98. The average Bonchev–Trinajstić information content (AvgIpc) is 3.08. The van der Waals surface area contributed by atoms with Crippen molar-refractivity contribution in [1.82, 2.24) is 9.55 Å². The summed E-state index contributed by atoms with van der Waals surface area (Å²) in [5.41, 5.74) is -1.02. The summed E-state index contributed by atoms with van der Waals surface area (Å²) < 4.78 is 6.11. The Kier molecular flexibility index (Phi) is 3.83. The maximum absolute atomic E-state index is 12.5. The van der Waals surface area contributed by atoms with Gasteiger partial charge >= 0.3 is 11.9 Å². The van der Waals surface area contributed by atoms with Crippen molar-refractivity contribution in [3.05, 3.63) is 22.7 Å². The summed E-state index contributed by atoms with van der Waals surface area (Å²) in [5.74, 6) is -1.11. The Labute approximate surface area is 132 Å². The number of carboxylic acid groups (broad SMARTS) is 1. The maximum Gasteiger partial charge on any atom is 0.323 e. The second-order valence-corrected chi connectivity index (χ2v) is 6.08. The van der Waals surface area contributed by atoms with Gasteiger partial charge in [0, 0.05) is 25.0 Å². The minimum Gasteiger partial charge on any atom is -0.480 e. The SMILES string of the molecule is COC(=O)[C@]12CCC[C@H]1N(c1nccn(CC(=O)O)c1=O)CC2. The molecule has 8 heteroatoms. The predicted octanol–water partition coefficient (Wildman–Crippen LogP) is 0.250. The Morgan fingerprint density at radius 3 is 2.96 bits per heavy atom. The molecule has 1 aliphatic carbocycles. The van der Waals surface area contributed by atoms with E-state index in [4.69, 9.17) is 9.84 Å². The van der Waals surface area contributed by atoms with Gasteiger partial charge in [-0.2, -0.15) is 0 Å².